The summed E-state index contributed by atoms with van der Waals surface area (Å²) in [4.78, 5) is 14.0. The molecular formula is C11H19NO2. The smallest absolute Gasteiger partial charge is 0.309 e. The Morgan fingerprint density at radius 3 is 2.43 bits per heavy atom. The molecule has 0 atom stereocenters. The molecule has 2 aliphatic rings. The minimum Gasteiger partial charge on any atom is -0.462 e. The molecule has 0 spiro atoms. The molecule has 0 amide bonds. The molecule has 0 radical (unpaired) electrons. The van der Waals surface area contributed by atoms with Gasteiger partial charge in [-0.1, -0.05) is 6.92 Å². The van der Waals surface area contributed by atoms with Crippen LogP contribution in [0.25, 0.3) is 0 Å². The first kappa shape index (κ1) is 9.97. The predicted octanol–water partition coefficient (Wildman–Crippen LogP) is 1.42. The lowest BCUT2D eigenvalue weighted by Gasteiger charge is -2.29. The Hall–Kier alpha value is -0.570. The van der Waals surface area contributed by atoms with Gasteiger partial charge < -0.3 is 9.64 Å². The summed E-state index contributed by atoms with van der Waals surface area (Å²) in [7, 11) is 0. The molecule has 0 N–H and O–H groups in total. The quantitative estimate of drug-likeness (QED) is 0.641. The van der Waals surface area contributed by atoms with E-state index in [1.54, 1.807) is 0 Å². The van der Waals surface area contributed by atoms with Gasteiger partial charge in [0, 0.05) is 0 Å². The van der Waals surface area contributed by atoms with Crippen LogP contribution in [0.4, 0.5) is 0 Å². The van der Waals surface area contributed by atoms with Crippen molar-refractivity contribution in [3.63, 3.8) is 0 Å². The zero-order chi connectivity index (χ0) is 9.97. The van der Waals surface area contributed by atoms with Crippen molar-refractivity contribution in [3.05, 3.63) is 0 Å². The zero-order valence-corrected chi connectivity index (χ0v) is 8.87. The van der Waals surface area contributed by atoms with Crippen LogP contribution in [0.3, 0.4) is 0 Å². The highest BCUT2D eigenvalue weighted by atomic mass is 16.5. The number of rotatable bonds is 3. The van der Waals surface area contributed by atoms with E-state index in [1.807, 2.05) is 0 Å². The topological polar surface area (TPSA) is 29.5 Å². The molecule has 1 heterocycles. The second-order valence-corrected chi connectivity index (χ2v) is 4.34. The summed E-state index contributed by atoms with van der Waals surface area (Å²) >= 11 is 0. The maximum Gasteiger partial charge on any atom is 0.309 e. The average molecular weight is 197 g/mol. The molecule has 0 aromatic carbocycles. The third-order valence-electron chi connectivity index (χ3n) is 3.18. The number of piperidine rings is 1. The summed E-state index contributed by atoms with van der Waals surface area (Å²) in [5.41, 5.74) is 0. The molecule has 0 bridgehead atoms. The molecule has 14 heavy (non-hydrogen) atoms. The normalized spacial score (nSPS) is 24.9. The Bertz CT molecular complexity index is 205. The fourth-order valence-corrected chi connectivity index (χ4v) is 1.93. The highest BCUT2D eigenvalue weighted by Crippen LogP contribution is 2.27. The van der Waals surface area contributed by atoms with Gasteiger partial charge >= 0.3 is 5.97 Å². The van der Waals surface area contributed by atoms with Crippen LogP contribution in [-0.4, -0.2) is 36.6 Å². The van der Waals surface area contributed by atoms with Gasteiger partial charge in [0.2, 0.25) is 0 Å². The maximum atomic E-state index is 11.6. The summed E-state index contributed by atoms with van der Waals surface area (Å²) in [6.45, 7) is 5.38. The van der Waals surface area contributed by atoms with Gasteiger partial charge in [0.15, 0.2) is 0 Å². The molecule has 3 heteroatoms. The van der Waals surface area contributed by atoms with Crippen LogP contribution < -0.4 is 0 Å². The van der Waals surface area contributed by atoms with Crippen molar-refractivity contribution >= 4 is 5.97 Å². The van der Waals surface area contributed by atoms with Gasteiger partial charge in [0.1, 0.15) is 6.10 Å². The van der Waals surface area contributed by atoms with Crippen molar-refractivity contribution < 1.29 is 9.53 Å². The Labute approximate surface area is 85.4 Å². The number of hydrogen-bond donors (Lipinski definition) is 0. The molecule has 0 unspecified atom stereocenters. The fraction of sp³-hybridized carbons (Fsp3) is 0.909. The molecule has 0 aromatic rings. The Morgan fingerprint density at radius 2 is 1.93 bits per heavy atom. The lowest BCUT2D eigenvalue weighted by atomic mass is 9.97. The molecule has 1 saturated carbocycles. The second kappa shape index (κ2) is 4.30. The lowest BCUT2D eigenvalue weighted by molar-refractivity contribution is -0.151. The van der Waals surface area contributed by atoms with Crippen molar-refractivity contribution in [2.75, 3.05) is 19.6 Å². The van der Waals surface area contributed by atoms with Gasteiger partial charge in [0.25, 0.3) is 0 Å². The van der Waals surface area contributed by atoms with E-state index in [0.717, 1.165) is 45.3 Å². The fourth-order valence-electron chi connectivity index (χ4n) is 1.93. The van der Waals surface area contributed by atoms with Crippen LogP contribution in [0.5, 0.6) is 0 Å². The van der Waals surface area contributed by atoms with Crippen LogP contribution in [0.1, 0.15) is 32.6 Å². The van der Waals surface area contributed by atoms with Crippen LogP contribution in [0, 0.1) is 5.92 Å². The van der Waals surface area contributed by atoms with E-state index in [4.69, 9.17) is 4.74 Å². The third-order valence-corrected chi connectivity index (χ3v) is 3.18. The molecular weight excluding hydrogens is 178 g/mol. The molecule has 2 rings (SSSR count). The van der Waals surface area contributed by atoms with Crippen molar-refractivity contribution in [2.45, 2.75) is 38.7 Å². The van der Waals surface area contributed by atoms with Crippen LogP contribution in [0.15, 0.2) is 0 Å². The van der Waals surface area contributed by atoms with Gasteiger partial charge in [-0.15, -0.1) is 0 Å². The Morgan fingerprint density at radius 1 is 1.29 bits per heavy atom. The van der Waals surface area contributed by atoms with E-state index in [2.05, 4.69) is 11.8 Å². The number of esters is 1. The van der Waals surface area contributed by atoms with Crippen molar-refractivity contribution in [1.82, 2.24) is 4.90 Å². The third kappa shape index (κ3) is 2.47. The molecule has 80 valence electrons. The van der Waals surface area contributed by atoms with E-state index in [0.29, 0.717) is 0 Å². The number of ether oxygens (including phenoxy) is 1. The van der Waals surface area contributed by atoms with E-state index in [9.17, 15) is 4.79 Å². The van der Waals surface area contributed by atoms with Gasteiger partial charge in [-0.05, 0) is 45.3 Å². The maximum absolute atomic E-state index is 11.6. The summed E-state index contributed by atoms with van der Waals surface area (Å²) in [5, 5.41) is 0. The highest BCUT2D eigenvalue weighted by Gasteiger charge is 2.31. The monoisotopic (exact) mass is 197 g/mol. The van der Waals surface area contributed by atoms with Crippen LogP contribution in [0.2, 0.25) is 0 Å². The first-order valence-corrected chi connectivity index (χ1v) is 5.72. The first-order valence-electron chi connectivity index (χ1n) is 5.72. The minimum atomic E-state index is 0.0586. The molecule has 1 aliphatic carbocycles. The minimum absolute atomic E-state index is 0.0586. The van der Waals surface area contributed by atoms with Crippen molar-refractivity contribution in [1.29, 1.82) is 0 Å². The number of hydrogen-bond acceptors (Lipinski definition) is 3. The number of carbonyl (C=O) groups is 1. The number of carbonyl (C=O) groups excluding carboxylic acids is 1. The second-order valence-electron chi connectivity index (χ2n) is 4.34. The molecule has 0 aromatic heterocycles. The van der Waals surface area contributed by atoms with Crippen LogP contribution in [-0.2, 0) is 9.53 Å². The first-order chi connectivity index (χ1) is 6.79. The highest BCUT2D eigenvalue weighted by molar-refractivity contribution is 5.73. The number of likely N-dealkylation sites (tertiary alicyclic amines) is 1. The standard InChI is InChI=1S/C11H19NO2/c1-2-12-7-5-9(6-8-12)11(13)14-10-3-4-10/h9-10H,2-8H2,1H3. The predicted molar refractivity (Wildman–Crippen MR) is 54.0 cm³/mol. The van der Waals surface area contributed by atoms with Gasteiger partial charge in [0.05, 0.1) is 5.92 Å². The lowest BCUT2D eigenvalue weighted by Crippen LogP contribution is -2.36. The van der Waals surface area contributed by atoms with Crippen LogP contribution >= 0.6 is 0 Å². The van der Waals surface area contributed by atoms with Gasteiger partial charge in [-0.3, -0.25) is 4.79 Å². The van der Waals surface area contributed by atoms with Gasteiger partial charge in [-0.2, -0.15) is 0 Å². The van der Waals surface area contributed by atoms with Crippen molar-refractivity contribution in [3.8, 4) is 0 Å². The zero-order valence-electron chi connectivity index (χ0n) is 8.87. The van der Waals surface area contributed by atoms with Gasteiger partial charge in [-0.25, -0.2) is 0 Å². The summed E-state index contributed by atoms with van der Waals surface area (Å²) in [6, 6.07) is 0. The van der Waals surface area contributed by atoms with E-state index in [1.165, 1.54) is 0 Å². The van der Waals surface area contributed by atoms with E-state index >= 15 is 0 Å². The summed E-state index contributed by atoms with van der Waals surface area (Å²) in [6.07, 6.45) is 4.41. The van der Waals surface area contributed by atoms with E-state index in [-0.39, 0.29) is 18.0 Å². The average Bonchev–Trinajstić information content (AvgIpc) is 3.02. The molecule has 2 fully saturated rings. The summed E-state index contributed by atoms with van der Waals surface area (Å²) < 4.78 is 5.31. The molecule has 1 aliphatic heterocycles. The number of nitrogens with zero attached hydrogens (tertiary/aromatic N) is 1. The molecule has 1 saturated heterocycles. The van der Waals surface area contributed by atoms with Crippen molar-refractivity contribution in [2.24, 2.45) is 5.92 Å². The Balaban J connectivity index is 1.73. The van der Waals surface area contributed by atoms with E-state index < -0.39 is 0 Å². The largest absolute Gasteiger partial charge is 0.462 e. The Kier molecular flexibility index (Phi) is 3.06. The molecule has 3 nitrogen and oxygen atoms in total. The summed E-state index contributed by atoms with van der Waals surface area (Å²) in [5.74, 6) is 0.238. The SMILES string of the molecule is CCN1CCC(C(=O)OC2CC2)CC1.